The van der Waals surface area contributed by atoms with Crippen molar-refractivity contribution < 1.29 is 13.5 Å². The summed E-state index contributed by atoms with van der Waals surface area (Å²) < 4.78 is 32.6. The molecule has 0 aromatic heterocycles. The van der Waals surface area contributed by atoms with E-state index in [1.807, 2.05) is 19.1 Å². The number of halogens is 2. The number of hydrogen-bond acceptors (Lipinski definition) is 1. The molecule has 0 N–H and O–H groups in total. The molecule has 0 radical (unpaired) electrons. The molecule has 94 valence electrons. The molecule has 2 aromatic rings. The first kappa shape index (κ1) is 12.6. The van der Waals surface area contributed by atoms with Gasteiger partial charge in [0.15, 0.2) is 11.6 Å². The number of hydrogen-bond donors (Lipinski definition) is 0. The van der Waals surface area contributed by atoms with Crippen molar-refractivity contribution in [1.29, 1.82) is 0 Å². The van der Waals surface area contributed by atoms with Crippen LogP contribution < -0.4 is 4.74 Å². The monoisotopic (exact) mass is 248 g/mol. The topological polar surface area (TPSA) is 9.23 Å². The van der Waals surface area contributed by atoms with Crippen molar-refractivity contribution in [1.82, 2.24) is 0 Å². The number of benzene rings is 2. The molecule has 3 heteroatoms. The normalized spacial score (nSPS) is 10.4. The van der Waals surface area contributed by atoms with Crippen LogP contribution in [0.4, 0.5) is 8.78 Å². The molecular formula is C15H14F2O. The number of ether oxygens (including phenoxy) is 1. The highest BCUT2D eigenvalue weighted by molar-refractivity contribution is 5.65. The summed E-state index contributed by atoms with van der Waals surface area (Å²) in [5, 5.41) is 0. The van der Waals surface area contributed by atoms with Crippen LogP contribution >= 0.6 is 0 Å². The lowest BCUT2D eigenvalue weighted by Gasteiger charge is -2.09. The van der Waals surface area contributed by atoms with Crippen molar-refractivity contribution in [2.24, 2.45) is 0 Å². The van der Waals surface area contributed by atoms with E-state index in [9.17, 15) is 8.78 Å². The Morgan fingerprint density at radius 2 is 1.61 bits per heavy atom. The van der Waals surface area contributed by atoms with E-state index in [0.29, 0.717) is 12.2 Å². The van der Waals surface area contributed by atoms with Crippen molar-refractivity contribution >= 4 is 0 Å². The molecule has 0 aliphatic rings. The molecule has 2 aromatic carbocycles. The van der Waals surface area contributed by atoms with E-state index in [-0.39, 0.29) is 11.3 Å². The van der Waals surface area contributed by atoms with Gasteiger partial charge in [-0.15, -0.1) is 0 Å². The number of aryl methyl sites for hydroxylation is 1. The molecule has 0 saturated carbocycles. The van der Waals surface area contributed by atoms with Gasteiger partial charge in [-0.1, -0.05) is 29.8 Å². The first-order valence-corrected chi connectivity index (χ1v) is 5.81. The lowest BCUT2D eigenvalue weighted by molar-refractivity contribution is 0.314. The van der Waals surface area contributed by atoms with Crippen LogP contribution in [0.15, 0.2) is 36.4 Å². The van der Waals surface area contributed by atoms with Crippen LogP contribution in [0.3, 0.4) is 0 Å². The van der Waals surface area contributed by atoms with Crippen molar-refractivity contribution in [2.45, 2.75) is 13.8 Å². The van der Waals surface area contributed by atoms with Gasteiger partial charge in [-0.3, -0.25) is 0 Å². The standard InChI is InChI=1S/C15H14F2O/c1-3-18-13-9-8-12(14(16)15(13)17)11-6-4-10(2)5-7-11/h4-9H,3H2,1-2H3. The molecule has 2 rings (SSSR count). The van der Waals surface area contributed by atoms with Gasteiger partial charge in [0.25, 0.3) is 0 Å². The van der Waals surface area contributed by atoms with Crippen LogP contribution in [0, 0.1) is 18.6 Å². The van der Waals surface area contributed by atoms with E-state index in [1.54, 1.807) is 19.1 Å². The minimum absolute atomic E-state index is 0.0501. The summed E-state index contributed by atoms with van der Waals surface area (Å²) in [6.45, 7) is 3.98. The molecule has 0 heterocycles. The largest absolute Gasteiger partial charge is 0.491 e. The fourth-order valence-corrected chi connectivity index (χ4v) is 1.75. The summed E-state index contributed by atoms with van der Waals surface area (Å²) >= 11 is 0. The van der Waals surface area contributed by atoms with E-state index in [2.05, 4.69) is 0 Å². The Morgan fingerprint density at radius 3 is 2.22 bits per heavy atom. The average Bonchev–Trinajstić information content (AvgIpc) is 2.37. The van der Waals surface area contributed by atoms with Crippen molar-refractivity contribution in [2.75, 3.05) is 6.61 Å². The molecule has 0 atom stereocenters. The van der Waals surface area contributed by atoms with Crippen LogP contribution in [-0.4, -0.2) is 6.61 Å². The molecule has 0 amide bonds. The second-order valence-electron chi connectivity index (χ2n) is 4.04. The Labute approximate surface area is 105 Å². The quantitative estimate of drug-likeness (QED) is 0.785. The smallest absolute Gasteiger partial charge is 0.201 e. The fraction of sp³-hybridized carbons (Fsp3) is 0.200. The van der Waals surface area contributed by atoms with Gasteiger partial charge in [0.2, 0.25) is 5.82 Å². The van der Waals surface area contributed by atoms with Gasteiger partial charge in [-0.05, 0) is 31.5 Å². The molecule has 0 spiro atoms. The van der Waals surface area contributed by atoms with Crippen molar-refractivity contribution in [3.63, 3.8) is 0 Å². The van der Waals surface area contributed by atoms with Crippen molar-refractivity contribution in [3.05, 3.63) is 53.6 Å². The van der Waals surface area contributed by atoms with Crippen LogP contribution in [0.2, 0.25) is 0 Å². The molecule has 18 heavy (non-hydrogen) atoms. The van der Waals surface area contributed by atoms with E-state index in [1.165, 1.54) is 12.1 Å². The molecule has 1 nitrogen and oxygen atoms in total. The van der Waals surface area contributed by atoms with Gasteiger partial charge in [-0.2, -0.15) is 4.39 Å². The summed E-state index contributed by atoms with van der Waals surface area (Å²) in [6.07, 6.45) is 0. The summed E-state index contributed by atoms with van der Waals surface area (Å²) in [4.78, 5) is 0. The lowest BCUT2D eigenvalue weighted by atomic mass is 10.0. The maximum atomic E-state index is 13.9. The summed E-state index contributed by atoms with van der Waals surface area (Å²) in [5.41, 5.74) is 1.97. The van der Waals surface area contributed by atoms with Crippen molar-refractivity contribution in [3.8, 4) is 16.9 Å². The fourth-order valence-electron chi connectivity index (χ4n) is 1.75. The summed E-state index contributed by atoms with van der Waals surface area (Å²) in [7, 11) is 0. The zero-order valence-corrected chi connectivity index (χ0v) is 10.3. The third kappa shape index (κ3) is 2.35. The van der Waals surface area contributed by atoms with E-state index >= 15 is 0 Å². The molecule has 0 saturated heterocycles. The van der Waals surface area contributed by atoms with Crippen LogP contribution in [-0.2, 0) is 0 Å². The van der Waals surface area contributed by atoms with E-state index in [0.717, 1.165) is 5.56 Å². The summed E-state index contributed by atoms with van der Waals surface area (Å²) in [5.74, 6) is -1.86. The van der Waals surface area contributed by atoms with E-state index in [4.69, 9.17) is 4.74 Å². The zero-order chi connectivity index (χ0) is 13.1. The SMILES string of the molecule is CCOc1ccc(-c2ccc(C)cc2)c(F)c1F. The average molecular weight is 248 g/mol. The highest BCUT2D eigenvalue weighted by Crippen LogP contribution is 2.29. The highest BCUT2D eigenvalue weighted by Gasteiger charge is 2.15. The first-order valence-electron chi connectivity index (χ1n) is 5.81. The predicted octanol–water partition coefficient (Wildman–Crippen LogP) is 4.34. The van der Waals surface area contributed by atoms with Gasteiger partial charge in [-0.25, -0.2) is 4.39 Å². The van der Waals surface area contributed by atoms with E-state index < -0.39 is 11.6 Å². The van der Waals surface area contributed by atoms with Crippen LogP contribution in [0.25, 0.3) is 11.1 Å². The Morgan fingerprint density at radius 1 is 0.944 bits per heavy atom. The van der Waals surface area contributed by atoms with Gasteiger partial charge in [0, 0.05) is 5.56 Å². The molecule has 0 bridgehead atoms. The maximum Gasteiger partial charge on any atom is 0.201 e. The summed E-state index contributed by atoms with van der Waals surface area (Å²) in [6, 6.07) is 10.3. The Kier molecular flexibility index (Phi) is 3.60. The lowest BCUT2D eigenvalue weighted by Crippen LogP contribution is -1.98. The molecular weight excluding hydrogens is 234 g/mol. The van der Waals surface area contributed by atoms with Gasteiger partial charge >= 0.3 is 0 Å². The highest BCUT2D eigenvalue weighted by atomic mass is 19.2. The molecule has 0 fully saturated rings. The Bertz CT molecular complexity index is 547. The second-order valence-corrected chi connectivity index (χ2v) is 4.04. The first-order chi connectivity index (χ1) is 8.63. The minimum Gasteiger partial charge on any atom is -0.491 e. The second kappa shape index (κ2) is 5.17. The predicted molar refractivity (Wildman–Crippen MR) is 67.7 cm³/mol. The molecule has 0 unspecified atom stereocenters. The Hall–Kier alpha value is -1.90. The third-order valence-corrected chi connectivity index (χ3v) is 2.71. The van der Waals surface area contributed by atoms with Gasteiger partial charge in [0.05, 0.1) is 6.61 Å². The Balaban J connectivity index is 2.46. The zero-order valence-electron chi connectivity index (χ0n) is 10.3. The van der Waals surface area contributed by atoms with Gasteiger partial charge < -0.3 is 4.74 Å². The third-order valence-electron chi connectivity index (χ3n) is 2.71. The maximum absolute atomic E-state index is 13.9. The molecule has 0 aliphatic carbocycles. The number of rotatable bonds is 3. The van der Waals surface area contributed by atoms with Gasteiger partial charge in [0.1, 0.15) is 0 Å². The minimum atomic E-state index is -0.935. The molecule has 0 aliphatic heterocycles. The van der Waals surface area contributed by atoms with Crippen LogP contribution in [0.1, 0.15) is 12.5 Å². The van der Waals surface area contributed by atoms with Crippen LogP contribution in [0.5, 0.6) is 5.75 Å².